The minimum Gasteiger partial charge on any atom is -0.346 e. The van der Waals surface area contributed by atoms with E-state index in [2.05, 4.69) is 16.4 Å². The third kappa shape index (κ3) is 2.92. The molecule has 0 saturated heterocycles. The minimum atomic E-state index is -0.0608. The van der Waals surface area contributed by atoms with Crippen molar-refractivity contribution in [2.75, 3.05) is 0 Å². The van der Waals surface area contributed by atoms with Crippen molar-refractivity contribution in [2.45, 2.75) is 13.0 Å². The molecule has 0 aliphatic carbocycles. The Morgan fingerprint density at radius 2 is 1.86 bits per heavy atom. The lowest BCUT2D eigenvalue weighted by atomic mass is 10.0. The number of pyridine rings is 1. The Morgan fingerprint density at radius 1 is 1.05 bits per heavy atom. The second kappa shape index (κ2) is 5.75. The van der Waals surface area contributed by atoms with E-state index in [0.29, 0.717) is 5.56 Å². The molecule has 3 aromatic rings. The number of fused-ring (bicyclic) bond motifs is 1. The summed E-state index contributed by atoms with van der Waals surface area (Å²) in [4.78, 5) is 16.5. The lowest BCUT2D eigenvalue weighted by Gasteiger charge is -2.15. The zero-order valence-electron chi connectivity index (χ0n) is 11.8. The fourth-order valence-corrected chi connectivity index (χ4v) is 2.32. The molecule has 1 aromatic heterocycles. The Kier molecular flexibility index (Phi) is 3.65. The van der Waals surface area contributed by atoms with Crippen molar-refractivity contribution in [1.82, 2.24) is 10.3 Å². The van der Waals surface area contributed by atoms with Gasteiger partial charge in [0.25, 0.3) is 5.91 Å². The lowest BCUT2D eigenvalue weighted by molar-refractivity contribution is 0.0940. The van der Waals surface area contributed by atoms with E-state index in [1.165, 1.54) is 0 Å². The van der Waals surface area contributed by atoms with Crippen molar-refractivity contribution in [3.05, 3.63) is 78.0 Å². The van der Waals surface area contributed by atoms with Gasteiger partial charge in [-0.1, -0.05) is 30.3 Å². The van der Waals surface area contributed by atoms with Crippen LogP contribution in [0, 0.1) is 0 Å². The largest absolute Gasteiger partial charge is 0.346 e. The maximum atomic E-state index is 12.2. The molecule has 3 nitrogen and oxygen atoms in total. The van der Waals surface area contributed by atoms with E-state index in [0.717, 1.165) is 16.5 Å². The fourth-order valence-electron chi connectivity index (χ4n) is 2.32. The first kappa shape index (κ1) is 13.3. The predicted octanol–water partition coefficient (Wildman–Crippen LogP) is 3.73. The van der Waals surface area contributed by atoms with Gasteiger partial charge in [0.2, 0.25) is 0 Å². The topological polar surface area (TPSA) is 42.0 Å². The van der Waals surface area contributed by atoms with E-state index >= 15 is 0 Å². The number of aromatic nitrogens is 1. The van der Waals surface area contributed by atoms with Gasteiger partial charge in [0.15, 0.2) is 0 Å². The minimum absolute atomic E-state index is 0.0534. The van der Waals surface area contributed by atoms with E-state index in [4.69, 9.17) is 0 Å². The summed E-state index contributed by atoms with van der Waals surface area (Å²) in [5, 5.41) is 4.10. The number of rotatable bonds is 3. The summed E-state index contributed by atoms with van der Waals surface area (Å²) >= 11 is 0. The van der Waals surface area contributed by atoms with Crippen molar-refractivity contribution in [3.63, 3.8) is 0 Å². The van der Waals surface area contributed by atoms with Crippen molar-refractivity contribution >= 4 is 16.8 Å². The van der Waals surface area contributed by atoms with Crippen molar-refractivity contribution in [3.8, 4) is 0 Å². The van der Waals surface area contributed by atoms with Crippen LogP contribution < -0.4 is 5.32 Å². The van der Waals surface area contributed by atoms with Crippen LogP contribution in [0.4, 0.5) is 0 Å². The van der Waals surface area contributed by atoms with Gasteiger partial charge in [-0.15, -0.1) is 0 Å². The quantitative estimate of drug-likeness (QED) is 0.792. The highest BCUT2D eigenvalue weighted by Gasteiger charge is 2.11. The number of carbonyl (C=O) groups excluding carboxylic acids is 1. The maximum Gasteiger partial charge on any atom is 0.251 e. The standard InChI is InChI=1S/C18H16N2O/c1-13(20-18(21)14-6-3-2-4-7-14)15-9-10-17-16(12-15)8-5-11-19-17/h2-13H,1H3,(H,20,21). The fraction of sp³-hybridized carbons (Fsp3) is 0.111. The second-order valence-corrected chi connectivity index (χ2v) is 5.02. The molecule has 3 heteroatoms. The molecule has 0 radical (unpaired) electrons. The number of benzene rings is 2. The van der Waals surface area contributed by atoms with Crippen LogP contribution in [0.3, 0.4) is 0 Å². The third-order valence-corrected chi connectivity index (χ3v) is 3.51. The number of hydrogen-bond donors (Lipinski definition) is 1. The maximum absolute atomic E-state index is 12.2. The third-order valence-electron chi connectivity index (χ3n) is 3.51. The molecule has 2 aromatic carbocycles. The van der Waals surface area contributed by atoms with E-state index in [-0.39, 0.29) is 11.9 Å². The van der Waals surface area contributed by atoms with Crippen molar-refractivity contribution < 1.29 is 4.79 Å². The SMILES string of the molecule is CC(NC(=O)c1ccccc1)c1ccc2ncccc2c1. The van der Waals surface area contributed by atoms with Gasteiger partial charge in [-0.3, -0.25) is 9.78 Å². The first-order valence-corrected chi connectivity index (χ1v) is 6.94. The molecular weight excluding hydrogens is 260 g/mol. The van der Waals surface area contributed by atoms with Crippen LogP contribution >= 0.6 is 0 Å². The number of nitrogens with one attached hydrogen (secondary N) is 1. The molecule has 0 aliphatic rings. The summed E-state index contributed by atoms with van der Waals surface area (Å²) in [6.45, 7) is 1.98. The first-order chi connectivity index (χ1) is 10.2. The summed E-state index contributed by atoms with van der Waals surface area (Å²) < 4.78 is 0. The smallest absolute Gasteiger partial charge is 0.251 e. The van der Waals surface area contributed by atoms with E-state index in [1.807, 2.05) is 61.5 Å². The molecule has 104 valence electrons. The van der Waals surface area contributed by atoms with E-state index < -0.39 is 0 Å². The molecule has 0 saturated carbocycles. The number of nitrogens with zero attached hydrogens (tertiary/aromatic N) is 1. The molecule has 1 unspecified atom stereocenters. The van der Waals surface area contributed by atoms with Gasteiger partial charge in [-0.05, 0) is 42.8 Å². The number of carbonyl (C=O) groups is 1. The Morgan fingerprint density at radius 3 is 2.67 bits per heavy atom. The second-order valence-electron chi connectivity index (χ2n) is 5.02. The molecule has 1 amide bonds. The molecule has 1 atom stereocenters. The summed E-state index contributed by atoms with van der Waals surface area (Å²) in [6, 6.07) is 19.2. The summed E-state index contributed by atoms with van der Waals surface area (Å²) in [5.74, 6) is -0.0608. The van der Waals surface area contributed by atoms with Crippen molar-refractivity contribution in [1.29, 1.82) is 0 Å². The highest BCUT2D eigenvalue weighted by molar-refractivity contribution is 5.94. The van der Waals surface area contributed by atoms with Crippen LogP contribution in [-0.4, -0.2) is 10.9 Å². The van der Waals surface area contributed by atoms with Gasteiger partial charge in [-0.2, -0.15) is 0 Å². The van der Waals surface area contributed by atoms with Crippen LogP contribution in [0.15, 0.2) is 66.9 Å². The zero-order valence-corrected chi connectivity index (χ0v) is 11.8. The van der Waals surface area contributed by atoms with Gasteiger partial charge in [0.05, 0.1) is 11.6 Å². The van der Waals surface area contributed by atoms with Crippen molar-refractivity contribution in [2.24, 2.45) is 0 Å². The Labute approximate surface area is 123 Å². The average molecular weight is 276 g/mol. The van der Waals surface area contributed by atoms with Crippen LogP contribution in [0.5, 0.6) is 0 Å². The summed E-state index contributed by atoms with van der Waals surface area (Å²) in [5.41, 5.74) is 2.70. The highest BCUT2D eigenvalue weighted by atomic mass is 16.1. The van der Waals surface area contributed by atoms with E-state index in [1.54, 1.807) is 6.20 Å². The molecule has 0 spiro atoms. The highest BCUT2D eigenvalue weighted by Crippen LogP contribution is 2.19. The van der Waals surface area contributed by atoms with Gasteiger partial charge >= 0.3 is 0 Å². The molecule has 0 aliphatic heterocycles. The molecule has 21 heavy (non-hydrogen) atoms. The molecular formula is C18H16N2O. The monoisotopic (exact) mass is 276 g/mol. The van der Waals surface area contributed by atoms with E-state index in [9.17, 15) is 4.79 Å². The van der Waals surface area contributed by atoms with Crippen LogP contribution in [0.2, 0.25) is 0 Å². The zero-order chi connectivity index (χ0) is 14.7. The number of amides is 1. The molecule has 1 N–H and O–H groups in total. The Bertz CT molecular complexity index is 768. The molecule has 0 bridgehead atoms. The summed E-state index contributed by atoms with van der Waals surface area (Å²) in [6.07, 6.45) is 1.78. The van der Waals surface area contributed by atoms with Crippen LogP contribution in [0.25, 0.3) is 10.9 Å². The number of hydrogen-bond acceptors (Lipinski definition) is 2. The predicted molar refractivity (Wildman–Crippen MR) is 84.1 cm³/mol. The molecule has 0 fully saturated rings. The Hall–Kier alpha value is -2.68. The van der Waals surface area contributed by atoms with Gasteiger partial charge in [-0.25, -0.2) is 0 Å². The Balaban J connectivity index is 1.80. The normalized spacial score (nSPS) is 12.0. The van der Waals surface area contributed by atoms with Gasteiger partial charge in [0.1, 0.15) is 0 Å². The summed E-state index contributed by atoms with van der Waals surface area (Å²) in [7, 11) is 0. The molecule has 3 rings (SSSR count). The first-order valence-electron chi connectivity index (χ1n) is 6.94. The van der Waals surface area contributed by atoms with Gasteiger partial charge < -0.3 is 5.32 Å². The van der Waals surface area contributed by atoms with Crippen LogP contribution in [-0.2, 0) is 0 Å². The lowest BCUT2D eigenvalue weighted by Crippen LogP contribution is -2.26. The van der Waals surface area contributed by atoms with Crippen LogP contribution in [0.1, 0.15) is 28.9 Å². The average Bonchev–Trinajstić information content (AvgIpc) is 2.55. The molecule has 1 heterocycles. The van der Waals surface area contributed by atoms with Gasteiger partial charge in [0, 0.05) is 17.1 Å².